The van der Waals surface area contributed by atoms with Crippen LogP contribution in [0.3, 0.4) is 0 Å². The summed E-state index contributed by atoms with van der Waals surface area (Å²) in [5.74, 6) is -1.46. The molecule has 2 aliphatic rings. The number of thioether (sulfide) groups is 1. The Balaban J connectivity index is 1.25. The van der Waals surface area contributed by atoms with Crippen LogP contribution in [0.5, 0.6) is 5.75 Å². The minimum atomic E-state index is -1.18. The first kappa shape index (κ1) is 26.7. The second kappa shape index (κ2) is 11.4. The number of carbonyl (C=O) groups excluding carboxylic acids is 2. The van der Waals surface area contributed by atoms with Gasteiger partial charge in [0.2, 0.25) is 5.91 Å². The monoisotopic (exact) mass is 552 g/mol. The molecule has 3 aromatic rings. The highest BCUT2D eigenvalue weighted by Gasteiger charge is 2.49. The van der Waals surface area contributed by atoms with Crippen molar-refractivity contribution in [2.45, 2.75) is 29.5 Å². The van der Waals surface area contributed by atoms with Gasteiger partial charge in [0.1, 0.15) is 16.8 Å². The number of aliphatic hydroxyl groups excluding tert-OH is 1. The molecule has 5 rings (SSSR count). The van der Waals surface area contributed by atoms with E-state index in [9.17, 15) is 23.9 Å². The summed E-state index contributed by atoms with van der Waals surface area (Å²) in [7, 11) is 0. The number of rotatable bonds is 11. The molecule has 0 saturated carbocycles. The molecule has 0 unspecified atom stereocenters. The van der Waals surface area contributed by atoms with Crippen molar-refractivity contribution >= 4 is 35.2 Å². The molecule has 0 radical (unpaired) electrons. The summed E-state index contributed by atoms with van der Waals surface area (Å²) >= 11 is 1.34. The van der Waals surface area contributed by atoms with Gasteiger partial charge >= 0.3 is 5.97 Å². The first-order chi connectivity index (χ1) is 18.8. The minimum Gasteiger partial charge on any atom is -0.480 e. The highest BCUT2D eigenvalue weighted by atomic mass is 32.2. The molecule has 2 heterocycles. The first-order valence-corrected chi connectivity index (χ1v) is 13.2. The van der Waals surface area contributed by atoms with Crippen molar-refractivity contribution in [2.24, 2.45) is 0 Å². The molecule has 2 saturated heterocycles. The molecule has 39 heavy (non-hydrogen) atoms. The molecule has 0 bridgehead atoms. The maximum absolute atomic E-state index is 13.2. The van der Waals surface area contributed by atoms with Crippen molar-refractivity contribution in [2.75, 3.05) is 17.4 Å². The smallest absolute Gasteiger partial charge is 0.329 e. The van der Waals surface area contributed by atoms with Crippen LogP contribution in [0.2, 0.25) is 0 Å². The van der Waals surface area contributed by atoms with Crippen LogP contribution >= 0.6 is 11.8 Å². The summed E-state index contributed by atoms with van der Waals surface area (Å²) in [6.45, 7) is -0.307. The zero-order valence-corrected chi connectivity index (χ0v) is 21.3. The Bertz CT molecular complexity index is 1340. The Morgan fingerprint density at radius 2 is 1.72 bits per heavy atom. The summed E-state index contributed by atoms with van der Waals surface area (Å²) in [4.78, 5) is 37.5. The molecule has 202 valence electrons. The number of β-lactam (4-membered cyclic amide) rings is 2. The van der Waals surface area contributed by atoms with Crippen LogP contribution < -0.4 is 15.0 Å². The predicted octanol–water partition coefficient (Wildman–Crippen LogP) is 3.05. The van der Waals surface area contributed by atoms with Crippen LogP contribution in [0, 0.1) is 5.82 Å². The van der Waals surface area contributed by atoms with Crippen molar-refractivity contribution in [1.29, 1.82) is 0 Å². The zero-order chi connectivity index (χ0) is 27.5. The molecule has 9 nitrogen and oxygen atoms in total. The Morgan fingerprint density at radius 1 is 1.03 bits per heavy atom. The van der Waals surface area contributed by atoms with E-state index >= 15 is 0 Å². The zero-order valence-electron chi connectivity index (χ0n) is 20.5. The van der Waals surface area contributed by atoms with E-state index in [1.54, 1.807) is 17.0 Å². The predicted molar refractivity (Wildman–Crippen MR) is 141 cm³/mol. The molecule has 3 aromatic carbocycles. The molecule has 0 aromatic heterocycles. The highest BCUT2D eigenvalue weighted by molar-refractivity contribution is 8.00. The number of amides is 2. The Kier molecular flexibility index (Phi) is 7.82. The summed E-state index contributed by atoms with van der Waals surface area (Å²) in [6, 6.07) is 20.6. The third-order valence-electron chi connectivity index (χ3n) is 6.59. The van der Waals surface area contributed by atoms with Crippen LogP contribution in [-0.2, 0) is 19.1 Å². The largest absolute Gasteiger partial charge is 0.480 e. The topological polar surface area (TPSA) is 125 Å². The number of hydrogen-bond acceptors (Lipinski definition) is 7. The van der Waals surface area contributed by atoms with E-state index in [4.69, 9.17) is 14.6 Å². The van der Waals surface area contributed by atoms with E-state index in [-0.39, 0.29) is 30.3 Å². The third-order valence-corrected chi connectivity index (χ3v) is 7.92. The van der Waals surface area contributed by atoms with Gasteiger partial charge in [0.15, 0.2) is 18.9 Å². The van der Waals surface area contributed by atoms with E-state index < -0.39 is 35.4 Å². The number of carboxylic acid groups (broad SMARTS) is 1. The average Bonchev–Trinajstić information content (AvgIpc) is 2.93. The van der Waals surface area contributed by atoms with Crippen LogP contribution in [0.4, 0.5) is 10.1 Å². The number of nitrogens with zero attached hydrogens (tertiary/aromatic N) is 1. The van der Waals surface area contributed by atoms with Crippen molar-refractivity contribution in [3.05, 3.63) is 95.8 Å². The summed E-state index contributed by atoms with van der Waals surface area (Å²) in [6.07, 6.45) is -1.96. The molecule has 0 aliphatic carbocycles. The lowest BCUT2D eigenvalue weighted by Gasteiger charge is -2.47. The summed E-state index contributed by atoms with van der Waals surface area (Å²) in [5, 5.41) is 21.4. The highest BCUT2D eigenvalue weighted by Crippen LogP contribution is 2.46. The van der Waals surface area contributed by atoms with Crippen LogP contribution in [0.15, 0.2) is 78.9 Å². The van der Waals surface area contributed by atoms with Crippen molar-refractivity contribution in [3.63, 3.8) is 0 Å². The standard InChI is InChI=1S/C28H25FN2O7S/c29-18-10-6-16(7-11-18)21(32)14-39-25-23(31(27(25)34)19-4-2-1-3-5-19)17-8-12-20(13-9-17)37-15-38-24-22(28(35)36)30-26(24)33/h1-13,21-25,32H,14-15H2,(H,30,33)(H,35,36)/t21-,22+,23+,24+,25+/m0/s1. The average molecular weight is 553 g/mol. The number of carboxylic acids is 1. The van der Waals surface area contributed by atoms with Gasteiger partial charge in [-0.1, -0.05) is 42.5 Å². The van der Waals surface area contributed by atoms with Gasteiger partial charge in [0.25, 0.3) is 5.91 Å². The Labute approximate surface area is 227 Å². The number of carbonyl (C=O) groups is 3. The number of benzene rings is 3. The number of ether oxygens (including phenoxy) is 2. The fourth-order valence-corrected chi connectivity index (χ4v) is 5.77. The number of hydrogen-bond donors (Lipinski definition) is 3. The molecule has 2 aliphatic heterocycles. The van der Waals surface area contributed by atoms with E-state index in [2.05, 4.69) is 5.32 Å². The molecule has 11 heteroatoms. The van der Waals surface area contributed by atoms with E-state index in [0.717, 1.165) is 11.3 Å². The van der Waals surface area contributed by atoms with E-state index in [0.29, 0.717) is 11.3 Å². The Morgan fingerprint density at radius 3 is 2.36 bits per heavy atom. The molecular formula is C28H25FN2O7S. The molecule has 2 fully saturated rings. The van der Waals surface area contributed by atoms with E-state index in [1.165, 1.54) is 36.0 Å². The van der Waals surface area contributed by atoms with Crippen molar-refractivity contribution < 1.29 is 38.5 Å². The maximum Gasteiger partial charge on any atom is 0.329 e. The fraction of sp³-hybridized carbons (Fsp3) is 0.250. The lowest BCUT2D eigenvalue weighted by atomic mass is 9.92. The molecular weight excluding hydrogens is 527 g/mol. The van der Waals surface area contributed by atoms with Crippen LogP contribution in [-0.4, -0.2) is 57.9 Å². The number of aliphatic hydroxyl groups is 1. The summed E-state index contributed by atoms with van der Waals surface area (Å²) in [5.41, 5.74) is 2.18. The molecule has 2 amide bonds. The van der Waals surface area contributed by atoms with Crippen molar-refractivity contribution in [1.82, 2.24) is 5.32 Å². The van der Waals surface area contributed by atoms with Crippen LogP contribution in [0.1, 0.15) is 23.3 Å². The molecule has 5 atom stereocenters. The number of anilines is 1. The normalized spacial score (nSPS) is 22.9. The van der Waals surface area contributed by atoms with Gasteiger partial charge < -0.3 is 29.9 Å². The molecule has 0 spiro atoms. The van der Waals surface area contributed by atoms with Gasteiger partial charge in [-0.2, -0.15) is 0 Å². The number of nitrogens with one attached hydrogen (secondary N) is 1. The second-order valence-electron chi connectivity index (χ2n) is 9.05. The number of halogens is 1. The number of aliphatic carboxylic acids is 1. The Hall–Kier alpha value is -3.93. The lowest BCUT2D eigenvalue weighted by Crippen LogP contribution is -2.66. The second-order valence-corrected chi connectivity index (χ2v) is 10.2. The van der Waals surface area contributed by atoms with E-state index in [1.807, 2.05) is 42.5 Å². The van der Waals surface area contributed by atoms with Gasteiger partial charge in [0.05, 0.1) is 12.1 Å². The van der Waals surface area contributed by atoms with Gasteiger partial charge in [-0.25, -0.2) is 9.18 Å². The quantitative estimate of drug-likeness (QED) is 0.245. The third kappa shape index (κ3) is 5.60. The minimum absolute atomic E-state index is 0.0806. The first-order valence-electron chi connectivity index (χ1n) is 12.1. The fourth-order valence-electron chi connectivity index (χ4n) is 4.47. The van der Waals surface area contributed by atoms with Gasteiger partial charge in [-0.05, 0) is 47.5 Å². The SMILES string of the molecule is O=C(O)[C@@H]1NC(=O)[C@@H]1OCOc1ccc([C@@H]2[C@@H](SC[C@H](O)c3ccc(F)cc3)C(=O)N2c2ccccc2)cc1. The van der Waals surface area contributed by atoms with Gasteiger partial charge in [-0.15, -0.1) is 11.8 Å². The maximum atomic E-state index is 13.2. The van der Waals surface area contributed by atoms with Gasteiger partial charge in [-0.3, -0.25) is 9.59 Å². The van der Waals surface area contributed by atoms with Crippen LogP contribution in [0.25, 0.3) is 0 Å². The van der Waals surface area contributed by atoms with Crippen molar-refractivity contribution in [3.8, 4) is 5.75 Å². The number of para-hydroxylation sites is 1. The van der Waals surface area contributed by atoms with Gasteiger partial charge in [0, 0.05) is 11.4 Å². The lowest BCUT2D eigenvalue weighted by molar-refractivity contribution is -0.168. The summed E-state index contributed by atoms with van der Waals surface area (Å²) < 4.78 is 24.0. The molecule has 3 N–H and O–H groups in total.